The van der Waals surface area contributed by atoms with Crippen LogP contribution in [0.3, 0.4) is 0 Å². The first-order valence-electron chi connectivity index (χ1n) is 8.30. The van der Waals surface area contributed by atoms with Crippen molar-refractivity contribution in [3.8, 4) is 22.0 Å². The third-order valence-electron chi connectivity index (χ3n) is 3.72. The van der Waals surface area contributed by atoms with Gasteiger partial charge in [0, 0.05) is 12.0 Å². The average Bonchev–Trinajstić information content (AvgIpc) is 3.47. The molecule has 0 amide bonds. The summed E-state index contributed by atoms with van der Waals surface area (Å²) >= 11 is 1.53. The smallest absolute Gasteiger partial charge is 0.306 e. The van der Waals surface area contributed by atoms with Crippen molar-refractivity contribution in [2.24, 2.45) is 0 Å². The molecule has 0 saturated heterocycles. The molecule has 0 N–H and O–H groups in total. The molecule has 0 aliphatic carbocycles. The van der Waals surface area contributed by atoms with Gasteiger partial charge in [-0.15, -0.1) is 11.3 Å². The van der Waals surface area contributed by atoms with E-state index in [9.17, 15) is 4.79 Å². The summed E-state index contributed by atoms with van der Waals surface area (Å²) in [6.45, 7) is -0.0179. The van der Waals surface area contributed by atoms with Crippen molar-refractivity contribution in [3.05, 3.63) is 65.8 Å². The van der Waals surface area contributed by atoms with Gasteiger partial charge in [0.2, 0.25) is 17.6 Å². The SMILES string of the molecule is O=C(CCc1nc(-c2cccs2)no1)OCc1ncc(-c2ccccc2)o1. The van der Waals surface area contributed by atoms with Crippen LogP contribution >= 0.6 is 11.3 Å². The molecule has 0 bridgehead atoms. The maximum atomic E-state index is 11.9. The van der Waals surface area contributed by atoms with Crippen molar-refractivity contribution in [1.29, 1.82) is 0 Å². The van der Waals surface area contributed by atoms with Crippen LogP contribution < -0.4 is 0 Å². The molecule has 3 heterocycles. The molecule has 0 aliphatic rings. The second kappa shape index (κ2) is 7.96. The van der Waals surface area contributed by atoms with Gasteiger partial charge in [-0.05, 0) is 11.4 Å². The van der Waals surface area contributed by atoms with Crippen molar-refractivity contribution in [1.82, 2.24) is 15.1 Å². The van der Waals surface area contributed by atoms with E-state index in [-0.39, 0.29) is 19.0 Å². The van der Waals surface area contributed by atoms with E-state index < -0.39 is 0 Å². The molecule has 0 radical (unpaired) electrons. The van der Waals surface area contributed by atoms with Crippen molar-refractivity contribution < 1.29 is 18.5 Å². The van der Waals surface area contributed by atoms with Gasteiger partial charge in [-0.3, -0.25) is 4.79 Å². The first kappa shape index (κ1) is 17.2. The lowest BCUT2D eigenvalue weighted by Gasteiger charge is -2.00. The van der Waals surface area contributed by atoms with Crippen molar-refractivity contribution in [2.75, 3.05) is 0 Å². The van der Waals surface area contributed by atoms with E-state index in [1.165, 1.54) is 11.3 Å². The van der Waals surface area contributed by atoms with E-state index in [0.29, 0.717) is 29.8 Å². The number of aryl methyl sites for hydroxylation is 1. The van der Waals surface area contributed by atoms with E-state index in [1.54, 1.807) is 6.20 Å². The lowest BCUT2D eigenvalue weighted by Crippen LogP contribution is -2.06. The molecule has 27 heavy (non-hydrogen) atoms. The highest BCUT2D eigenvalue weighted by molar-refractivity contribution is 7.13. The Morgan fingerprint density at radius 1 is 1.11 bits per heavy atom. The number of hydrogen-bond donors (Lipinski definition) is 0. The largest absolute Gasteiger partial charge is 0.456 e. The fourth-order valence-corrected chi connectivity index (χ4v) is 3.05. The predicted molar refractivity (Wildman–Crippen MR) is 97.7 cm³/mol. The quantitative estimate of drug-likeness (QED) is 0.445. The summed E-state index contributed by atoms with van der Waals surface area (Å²) in [5.41, 5.74) is 0.917. The van der Waals surface area contributed by atoms with Crippen LogP contribution in [0.1, 0.15) is 18.2 Å². The summed E-state index contributed by atoms with van der Waals surface area (Å²) in [4.78, 5) is 21.2. The Bertz CT molecular complexity index is 1010. The number of carbonyl (C=O) groups is 1. The molecule has 1 aromatic carbocycles. The van der Waals surface area contributed by atoms with Crippen LogP contribution in [-0.2, 0) is 22.6 Å². The van der Waals surface area contributed by atoms with Gasteiger partial charge in [0.1, 0.15) is 0 Å². The Hall–Kier alpha value is -3.26. The zero-order chi connectivity index (χ0) is 18.5. The maximum absolute atomic E-state index is 11.9. The topological polar surface area (TPSA) is 91.2 Å². The molecule has 136 valence electrons. The molecular weight excluding hydrogens is 366 g/mol. The van der Waals surface area contributed by atoms with E-state index in [2.05, 4.69) is 15.1 Å². The highest BCUT2D eigenvalue weighted by Crippen LogP contribution is 2.22. The summed E-state index contributed by atoms with van der Waals surface area (Å²) in [5, 5.41) is 5.85. The highest BCUT2D eigenvalue weighted by Gasteiger charge is 2.13. The average molecular weight is 381 g/mol. The Morgan fingerprint density at radius 3 is 2.81 bits per heavy atom. The number of esters is 1. The standard InChI is InChI=1S/C19H15N3O4S/c23-18(9-8-16-21-19(22-26-16)15-7-4-10-27-15)24-12-17-20-11-14(25-17)13-5-2-1-3-6-13/h1-7,10-11H,8-9,12H2. The van der Waals surface area contributed by atoms with Gasteiger partial charge in [0.25, 0.3) is 0 Å². The molecule has 0 fully saturated rings. The normalized spacial score (nSPS) is 10.8. The first-order chi connectivity index (χ1) is 13.3. The number of nitrogens with zero attached hydrogens (tertiary/aromatic N) is 3. The number of aromatic nitrogens is 3. The molecule has 0 atom stereocenters. The summed E-state index contributed by atoms with van der Waals surface area (Å²) in [5.74, 6) is 1.53. The van der Waals surface area contributed by atoms with Gasteiger partial charge >= 0.3 is 5.97 Å². The number of hydrogen-bond acceptors (Lipinski definition) is 8. The molecule has 0 saturated carbocycles. The van der Waals surface area contributed by atoms with Crippen LogP contribution in [0, 0.1) is 0 Å². The van der Waals surface area contributed by atoms with Crippen LogP contribution in [0.5, 0.6) is 0 Å². The first-order valence-corrected chi connectivity index (χ1v) is 9.18. The summed E-state index contributed by atoms with van der Waals surface area (Å²) in [6.07, 6.45) is 2.07. The Kier molecular flexibility index (Phi) is 5.06. The predicted octanol–water partition coefficient (Wildman–Crippen LogP) is 4.13. The molecule has 4 rings (SSSR count). The van der Waals surface area contributed by atoms with Gasteiger partial charge in [-0.2, -0.15) is 4.98 Å². The molecule has 7 nitrogen and oxygen atoms in total. The van der Waals surface area contributed by atoms with Crippen molar-refractivity contribution in [3.63, 3.8) is 0 Å². The fraction of sp³-hybridized carbons (Fsp3) is 0.158. The minimum atomic E-state index is -0.384. The Labute approximate surface area is 158 Å². The van der Waals surface area contributed by atoms with Gasteiger partial charge in [-0.1, -0.05) is 41.6 Å². The van der Waals surface area contributed by atoms with Crippen LogP contribution in [-0.4, -0.2) is 21.1 Å². The van der Waals surface area contributed by atoms with Gasteiger partial charge < -0.3 is 13.7 Å². The fourth-order valence-electron chi connectivity index (χ4n) is 2.40. The van der Waals surface area contributed by atoms with E-state index in [4.69, 9.17) is 13.7 Å². The number of ether oxygens (including phenoxy) is 1. The van der Waals surface area contributed by atoms with Crippen LogP contribution in [0.15, 0.2) is 63.0 Å². The van der Waals surface area contributed by atoms with Crippen LogP contribution in [0.2, 0.25) is 0 Å². The number of carbonyl (C=O) groups excluding carboxylic acids is 1. The molecule has 0 aliphatic heterocycles. The monoisotopic (exact) mass is 381 g/mol. The zero-order valence-corrected chi connectivity index (χ0v) is 15.0. The van der Waals surface area contributed by atoms with Crippen LogP contribution in [0.4, 0.5) is 0 Å². The van der Waals surface area contributed by atoms with Crippen molar-refractivity contribution in [2.45, 2.75) is 19.4 Å². The second-order valence-corrected chi connectivity index (χ2v) is 6.58. The third kappa shape index (κ3) is 4.29. The summed E-state index contributed by atoms with van der Waals surface area (Å²) < 4.78 is 16.0. The third-order valence-corrected chi connectivity index (χ3v) is 4.59. The minimum Gasteiger partial charge on any atom is -0.456 e. The minimum absolute atomic E-state index is 0.0179. The second-order valence-electron chi connectivity index (χ2n) is 5.63. The highest BCUT2D eigenvalue weighted by atomic mass is 32.1. The Morgan fingerprint density at radius 2 is 2.00 bits per heavy atom. The molecule has 4 aromatic rings. The Balaban J connectivity index is 1.26. The number of oxazole rings is 1. The maximum Gasteiger partial charge on any atom is 0.306 e. The number of rotatable bonds is 7. The van der Waals surface area contributed by atoms with E-state index >= 15 is 0 Å². The van der Waals surface area contributed by atoms with Gasteiger partial charge in [0.05, 0.1) is 17.5 Å². The molecule has 8 heteroatoms. The van der Waals surface area contributed by atoms with E-state index in [1.807, 2.05) is 47.8 Å². The molecular formula is C19H15N3O4S. The summed E-state index contributed by atoms with van der Waals surface area (Å²) in [7, 11) is 0. The van der Waals surface area contributed by atoms with Gasteiger partial charge in [-0.25, -0.2) is 4.98 Å². The van der Waals surface area contributed by atoms with E-state index in [0.717, 1.165) is 10.4 Å². The summed E-state index contributed by atoms with van der Waals surface area (Å²) in [6, 6.07) is 13.4. The molecule has 3 aromatic heterocycles. The van der Waals surface area contributed by atoms with Crippen LogP contribution in [0.25, 0.3) is 22.0 Å². The number of benzene rings is 1. The zero-order valence-electron chi connectivity index (χ0n) is 14.2. The van der Waals surface area contributed by atoms with Gasteiger partial charge in [0.15, 0.2) is 12.4 Å². The lowest BCUT2D eigenvalue weighted by atomic mass is 10.2. The molecule has 0 unspecified atom stereocenters. The molecule has 0 spiro atoms. The number of thiophene rings is 1. The lowest BCUT2D eigenvalue weighted by molar-refractivity contribution is -0.145. The van der Waals surface area contributed by atoms with Crippen molar-refractivity contribution >= 4 is 17.3 Å².